The van der Waals surface area contributed by atoms with Gasteiger partial charge in [-0.2, -0.15) is 0 Å². The van der Waals surface area contributed by atoms with Crippen LogP contribution in [0.1, 0.15) is 61.6 Å². The minimum absolute atomic E-state index is 0.130. The largest absolute Gasteiger partial charge is 0.356 e. The molecule has 6 heteroatoms. The first kappa shape index (κ1) is 21.1. The molecule has 31 heavy (non-hydrogen) atoms. The van der Waals surface area contributed by atoms with Gasteiger partial charge in [-0.3, -0.25) is 9.59 Å². The van der Waals surface area contributed by atoms with Crippen molar-refractivity contribution in [1.82, 2.24) is 10.5 Å². The molecule has 0 bridgehead atoms. The number of anilines is 1. The molecule has 2 aromatic carbocycles. The summed E-state index contributed by atoms with van der Waals surface area (Å²) in [6, 6.07) is 15.3. The molecule has 4 rings (SSSR count). The highest BCUT2D eigenvalue weighted by molar-refractivity contribution is 6.10. The summed E-state index contributed by atoms with van der Waals surface area (Å²) in [5.41, 5.74) is 2.64. The SMILES string of the molecule is CC(C)CNC(=O)C1CCC(c2ccc(NC(=O)c3onc4ccccc34)cc2)CC1. The number of aromatic nitrogens is 1. The maximum atomic E-state index is 12.6. The Morgan fingerprint density at radius 2 is 1.74 bits per heavy atom. The van der Waals surface area contributed by atoms with Gasteiger partial charge in [-0.1, -0.05) is 43.3 Å². The zero-order valence-corrected chi connectivity index (χ0v) is 18.1. The van der Waals surface area contributed by atoms with Gasteiger partial charge >= 0.3 is 0 Å². The molecule has 0 unspecified atom stereocenters. The molecule has 1 heterocycles. The predicted octanol–water partition coefficient (Wildman–Crippen LogP) is 5.13. The van der Waals surface area contributed by atoms with E-state index in [2.05, 4.69) is 41.8 Å². The van der Waals surface area contributed by atoms with Crippen molar-refractivity contribution in [1.29, 1.82) is 0 Å². The molecule has 0 spiro atoms. The molecule has 2 N–H and O–H groups in total. The lowest BCUT2D eigenvalue weighted by Crippen LogP contribution is -2.35. The standard InChI is InChI=1S/C25H29N3O3/c1-16(2)15-26-24(29)19-9-7-17(8-10-19)18-11-13-20(14-12-18)27-25(30)23-21-5-3-4-6-22(21)28-31-23/h3-6,11-14,16-17,19H,7-10,15H2,1-2H3,(H,26,29)(H,27,30). The third-order valence-corrected chi connectivity index (χ3v) is 6.01. The number of carbonyl (C=O) groups is 2. The van der Waals surface area contributed by atoms with Gasteiger partial charge in [0.05, 0.1) is 5.39 Å². The van der Waals surface area contributed by atoms with E-state index < -0.39 is 0 Å². The molecule has 1 saturated carbocycles. The fraction of sp³-hybridized carbons (Fsp3) is 0.400. The Labute approximate surface area is 182 Å². The molecule has 1 aliphatic carbocycles. The van der Waals surface area contributed by atoms with Gasteiger partial charge in [0.25, 0.3) is 5.91 Å². The normalized spacial score (nSPS) is 18.8. The number of nitrogens with zero attached hydrogens (tertiary/aromatic N) is 1. The highest BCUT2D eigenvalue weighted by Crippen LogP contribution is 2.36. The van der Waals surface area contributed by atoms with E-state index in [1.165, 1.54) is 5.56 Å². The van der Waals surface area contributed by atoms with E-state index in [4.69, 9.17) is 4.52 Å². The predicted molar refractivity (Wildman–Crippen MR) is 121 cm³/mol. The van der Waals surface area contributed by atoms with Crippen molar-refractivity contribution in [2.24, 2.45) is 11.8 Å². The van der Waals surface area contributed by atoms with Crippen molar-refractivity contribution < 1.29 is 14.1 Å². The molecule has 3 aromatic rings. The Morgan fingerprint density at radius 3 is 2.45 bits per heavy atom. The first-order valence-electron chi connectivity index (χ1n) is 11.0. The van der Waals surface area contributed by atoms with Crippen LogP contribution in [0.3, 0.4) is 0 Å². The smallest absolute Gasteiger partial charge is 0.294 e. The molecular formula is C25H29N3O3. The van der Waals surface area contributed by atoms with Crippen LogP contribution in [0.2, 0.25) is 0 Å². The minimum Gasteiger partial charge on any atom is -0.356 e. The highest BCUT2D eigenvalue weighted by atomic mass is 16.5. The molecular weight excluding hydrogens is 390 g/mol. The van der Waals surface area contributed by atoms with Crippen molar-refractivity contribution in [3.8, 4) is 0 Å². The van der Waals surface area contributed by atoms with Gasteiger partial charge in [0.15, 0.2) is 0 Å². The molecule has 0 radical (unpaired) electrons. The van der Waals surface area contributed by atoms with E-state index in [-0.39, 0.29) is 23.5 Å². The number of hydrogen-bond acceptors (Lipinski definition) is 4. The summed E-state index contributed by atoms with van der Waals surface area (Å²) in [5, 5.41) is 10.6. The third kappa shape index (κ3) is 4.95. The Bertz CT molecular complexity index is 1050. The van der Waals surface area contributed by atoms with E-state index >= 15 is 0 Å². The summed E-state index contributed by atoms with van der Waals surface area (Å²) in [6.07, 6.45) is 3.86. The van der Waals surface area contributed by atoms with Crippen LogP contribution >= 0.6 is 0 Å². The summed E-state index contributed by atoms with van der Waals surface area (Å²) in [4.78, 5) is 24.9. The van der Waals surface area contributed by atoms with Crippen LogP contribution in [0.5, 0.6) is 0 Å². The fourth-order valence-corrected chi connectivity index (χ4v) is 4.22. The van der Waals surface area contributed by atoms with Crippen molar-refractivity contribution in [2.75, 3.05) is 11.9 Å². The van der Waals surface area contributed by atoms with Crippen molar-refractivity contribution >= 4 is 28.4 Å². The Hall–Kier alpha value is -3.15. The molecule has 0 saturated heterocycles. The lowest BCUT2D eigenvalue weighted by atomic mass is 9.78. The second-order valence-corrected chi connectivity index (χ2v) is 8.79. The lowest BCUT2D eigenvalue weighted by Gasteiger charge is -2.28. The average molecular weight is 420 g/mol. The molecule has 1 aliphatic rings. The maximum absolute atomic E-state index is 12.6. The second-order valence-electron chi connectivity index (χ2n) is 8.79. The number of nitrogens with one attached hydrogen (secondary N) is 2. The third-order valence-electron chi connectivity index (χ3n) is 6.01. The summed E-state index contributed by atoms with van der Waals surface area (Å²) < 4.78 is 5.23. The molecule has 0 atom stereocenters. The minimum atomic E-state index is -0.311. The van der Waals surface area contributed by atoms with E-state index in [1.54, 1.807) is 0 Å². The van der Waals surface area contributed by atoms with Crippen LogP contribution in [-0.2, 0) is 4.79 Å². The molecule has 162 valence electrons. The van der Waals surface area contributed by atoms with Crippen LogP contribution in [-0.4, -0.2) is 23.5 Å². The first-order chi connectivity index (χ1) is 15.0. The number of hydrogen-bond donors (Lipinski definition) is 2. The van der Waals surface area contributed by atoms with Crippen molar-refractivity contribution in [2.45, 2.75) is 45.4 Å². The number of amides is 2. The van der Waals surface area contributed by atoms with Gasteiger partial charge in [-0.05, 0) is 67.3 Å². The van der Waals surface area contributed by atoms with Crippen LogP contribution in [0, 0.1) is 11.8 Å². The van der Waals surface area contributed by atoms with Gasteiger partial charge in [0.2, 0.25) is 11.7 Å². The second kappa shape index (κ2) is 9.33. The van der Waals surface area contributed by atoms with Crippen LogP contribution < -0.4 is 10.6 Å². The number of carbonyl (C=O) groups excluding carboxylic acids is 2. The Kier molecular flexibility index (Phi) is 6.35. The zero-order valence-electron chi connectivity index (χ0n) is 18.1. The topological polar surface area (TPSA) is 84.2 Å². The first-order valence-corrected chi connectivity index (χ1v) is 11.0. The van der Waals surface area contributed by atoms with E-state index in [1.807, 2.05) is 36.4 Å². The van der Waals surface area contributed by atoms with Crippen LogP contribution in [0.4, 0.5) is 5.69 Å². The van der Waals surface area contributed by atoms with Gasteiger partial charge < -0.3 is 15.2 Å². The van der Waals surface area contributed by atoms with Crippen molar-refractivity contribution in [3.63, 3.8) is 0 Å². The van der Waals surface area contributed by atoms with Crippen molar-refractivity contribution in [3.05, 3.63) is 59.9 Å². The zero-order chi connectivity index (χ0) is 21.8. The highest BCUT2D eigenvalue weighted by Gasteiger charge is 2.27. The fourth-order valence-electron chi connectivity index (χ4n) is 4.22. The lowest BCUT2D eigenvalue weighted by molar-refractivity contribution is -0.126. The Balaban J connectivity index is 1.33. The molecule has 1 fully saturated rings. The van der Waals surface area contributed by atoms with E-state index in [0.29, 0.717) is 22.7 Å². The van der Waals surface area contributed by atoms with E-state index in [9.17, 15) is 9.59 Å². The van der Waals surface area contributed by atoms with Gasteiger partial charge in [0, 0.05) is 18.2 Å². The quantitative estimate of drug-likeness (QED) is 0.580. The number of fused-ring (bicyclic) bond motifs is 1. The number of benzene rings is 2. The van der Waals surface area contributed by atoms with Crippen LogP contribution in [0.25, 0.3) is 10.9 Å². The maximum Gasteiger partial charge on any atom is 0.294 e. The van der Waals surface area contributed by atoms with Crippen LogP contribution in [0.15, 0.2) is 53.1 Å². The van der Waals surface area contributed by atoms with Gasteiger partial charge in [0.1, 0.15) is 5.52 Å². The molecule has 0 aliphatic heterocycles. The summed E-state index contributed by atoms with van der Waals surface area (Å²) in [7, 11) is 0. The van der Waals surface area contributed by atoms with Gasteiger partial charge in [-0.15, -0.1) is 0 Å². The number of rotatable bonds is 6. The molecule has 6 nitrogen and oxygen atoms in total. The summed E-state index contributed by atoms with van der Waals surface area (Å²) >= 11 is 0. The molecule has 1 aromatic heterocycles. The molecule has 2 amide bonds. The monoisotopic (exact) mass is 419 g/mol. The van der Waals surface area contributed by atoms with E-state index in [0.717, 1.165) is 37.9 Å². The summed E-state index contributed by atoms with van der Waals surface area (Å²) in [6.45, 7) is 4.96. The average Bonchev–Trinajstić information content (AvgIpc) is 3.22. The van der Waals surface area contributed by atoms with Gasteiger partial charge in [-0.25, -0.2) is 0 Å². The Morgan fingerprint density at radius 1 is 1.03 bits per heavy atom. The summed E-state index contributed by atoms with van der Waals surface area (Å²) in [5.74, 6) is 1.16.